The van der Waals surface area contributed by atoms with Crippen molar-refractivity contribution in [1.82, 2.24) is 9.55 Å². The second-order valence-corrected chi connectivity index (χ2v) is 7.64. The maximum absolute atomic E-state index is 11.9. The lowest BCUT2D eigenvalue weighted by Crippen LogP contribution is -2.46. The van der Waals surface area contributed by atoms with E-state index in [1.54, 1.807) is 25.1 Å². The Hall–Kier alpha value is -2.27. The Morgan fingerprint density at radius 3 is 2.80 bits per heavy atom. The van der Waals surface area contributed by atoms with E-state index in [0.29, 0.717) is 17.1 Å². The minimum Gasteiger partial charge on any atom is -0.493 e. The fraction of sp³-hybridized carbons (Fsp3) is 0.444. The number of rotatable bonds is 8. The van der Waals surface area contributed by atoms with Gasteiger partial charge >= 0.3 is 20.3 Å². The summed E-state index contributed by atoms with van der Waals surface area (Å²) in [5.74, 6) is -1.90. The van der Waals surface area contributed by atoms with Crippen molar-refractivity contribution in [2.24, 2.45) is 0 Å². The smallest absolute Gasteiger partial charge is 0.402 e. The highest BCUT2D eigenvalue weighted by Crippen LogP contribution is 2.52. The second-order valence-electron chi connectivity index (χ2n) is 6.56. The van der Waals surface area contributed by atoms with E-state index in [-0.39, 0.29) is 19.6 Å². The summed E-state index contributed by atoms with van der Waals surface area (Å²) in [6.07, 6.45) is 0.120. The molecule has 1 aliphatic heterocycles. The normalized spacial score (nSPS) is 17.2. The Balaban J connectivity index is 1.68. The number of aromatic nitrogens is 2. The SMILES string of the molecule is COc1cccc2c1OP(OC(O)(O)C(CCn1cc(C)c(=O)[nH]c1=O)OC)OC2. The van der Waals surface area contributed by atoms with Gasteiger partial charge in [-0.1, -0.05) is 12.1 Å². The van der Waals surface area contributed by atoms with Crippen molar-refractivity contribution in [1.29, 1.82) is 0 Å². The summed E-state index contributed by atoms with van der Waals surface area (Å²) in [4.78, 5) is 25.6. The summed E-state index contributed by atoms with van der Waals surface area (Å²) in [5.41, 5.74) is -0.0186. The third kappa shape index (κ3) is 4.89. The van der Waals surface area contributed by atoms with Crippen molar-refractivity contribution in [2.75, 3.05) is 14.2 Å². The lowest BCUT2D eigenvalue weighted by molar-refractivity contribution is -0.345. The predicted molar refractivity (Wildman–Crippen MR) is 105 cm³/mol. The molecule has 1 aromatic carbocycles. The Bertz CT molecular complexity index is 990. The quantitative estimate of drug-likeness (QED) is 0.399. The first-order valence-corrected chi connectivity index (χ1v) is 10.1. The zero-order valence-electron chi connectivity index (χ0n) is 16.7. The number of fused-ring (bicyclic) bond motifs is 1. The molecule has 0 radical (unpaired) electrons. The molecule has 0 bridgehead atoms. The fourth-order valence-electron chi connectivity index (χ4n) is 2.88. The Kier molecular flexibility index (Phi) is 6.91. The Morgan fingerprint density at radius 1 is 1.33 bits per heavy atom. The predicted octanol–water partition coefficient (Wildman–Crippen LogP) is 0.750. The summed E-state index contributed by atoms with van der Waals surface area (Å²) >= 11 is 0. The molecule has 0 amide bonds. The summed E-state index contributed by atoms with van der Waals surface area (Å²) in [6.45, 7) is 1.73. The van der Waals surface area contributed by atoms with Crippen LogP contribution >= 0.6 is 8.60 Å². The zero-order valence-corrected chi connectivity index (χ0v) is 17.5. The third-order valence-corrected chi connectivity index (χ3v) is 5.59. The van der Waals surface area contributed by atoms with Gasteiger partial charge in [0, 0.05) is 31.0 Å². The van der Waals surface area contributed by atoms with E-state index in [9.17, 15) is 19.8 Å². The van der Waals surface area contributed by atoms with Crippen molar-refractivity contribution in [2.45, 2.75) is 38.6 Å². The van der Waals surface area contributed by atoms with Crippen molar-refractivity contribution < 1.29 is 33.3 Å². The largest absolute Gasteiger partial charge is 0.493 e. The highest BCUT2D eigenvalue weighted by Gasteiger charge is 2.42. The van der Waals surface area contributed by atoms with E-state index in [2.05, 4.69) is 4.98 Å². The molecule has 2 aromatic rings. The van der Waals surface area contributed by atoms with Crippen LogP contribution in [0, 0.1) is 6.92 Å². The molecule has 2 heterocycles. The van der Waals surface area contributed by atoms with E-state index in [1.165, 1.54) is 25.0 Å². The average molecular weight is 442 g/mol. The van der Waals surface area contributed by atoms with E-state index in [0.717, 1.165) is 5.56 Å². The van der Waals surface area contributed by atoms with E-state index < -0.39 is 31.9 Å². The van der Waals surface area contributed by atoms with Crippen LogP contribution < -0.4 is 20.5 Å². The monoisotopic (exact) mass is 442 g/mol. The van der Waals surface area contributed by atoms with Gasteiger partial charge in [-0.15, -0.1) is 0 Å². The van der Waals surface area contributed by atoms with Gasteiger partial charge in [-0.3, -0.25) is 14.3 Å². The molecule has 3 N–H and O–H groups in total. The van der Waals surface area contributed by atoms with E-state index >= 15 is 0 Å². The lowest BCUT2D eigenvalue weighted by Gasteiger charge is -2.33. The lowest BCUT2D eigenvalue weighted by atomic mass is 10.2. The van der Waals surface area contributed by atoms with Crippen LogP contribution in [0.4, 0.5) is 0 Å². The summed E-state index contributed by atoms with van der Waals surface area (Å²) in [7, 11) is 0.592. The van der Waals surface area contributed by atoms with Gasteiger partial charge in [-0.25, -0.2) is 9.32 Å². The van der Waals surface area contributed by atoms with Crippen molar-refractivity contribution in [3.8, 4) is 11.5 Å². The van der Waals surface area contributed by atoms with Crippen LogP contribution in [0.25, 0.3) is 0 Å². The molecule has 0 spiro atoms. The molecule has 11 nitrogen and oxygen atoms in total. The van der Waals surface area contributed by atoms with Crippen molar-refractivity contribution >= 4 is 8.60 Å². The van der Waals surface area contributed by atoms with Crippen LogP contribution in [0.1, 0.15) is 17.5 Å². The third-order valence-electron chi connectivity index (χ3n) is 4.51. The number of H-pyrrole nitrogens is 1. The number of nitrogens with zero attached hydrogens (tertiary/aromatic N) is 1. The van der Waals surface area contributed by atoms with Crippen LogP contribution in [0.5, 0.6) is 11.5 Å². The number of hydrogen-bond donors (Lipinski definition) is 3. The summed E-state index contributed by atoms with van der Waals surface area (Å²) in [6, 6.07) is 5.27. The Morgan fingerprint density at radius 2 is 2.10 bits per heavy atom. The molecule has 12 heteroatoms. The van der Waals surface area contributed by atoms with Crippen LogP contribution in [0.2, 0.25) is 0 Å². The van der Waals surface area contributed by atoms with Gasteiger partial charge in [0.25, 0.3) is 5.56 Å². The molecule has 0 saturated heterocycles. The van der Waals surface area contributed by atoms with Gasteiger partial charge in [0.05, 0.1) is 13.7 Å². The maximum atomic E-state index is 11.9. The summed E-state index contributed by atoms with van der Waals surface area (Å²) in [5, 5.41) is 20.9. The maximum Gasteiger partial charge on any atom is 0.402 e. The fourth-order valence-corrected chi connectivity index (χ4v) is 3.96. The number of nitrogens with one attached hydrogen (secondary N) is 1. The van der Waals surface area contributed by atoms with Gasteiger partial charge in [0.1, 0.15) is 6.10 Å². The van der Waals surface area contributed by atoms with Crippen LogP contribution in [-0.4, -0.2) is 46.1 Å². The Labute approximate surface area is 172 Å². The first-order valence-electron chi connectivity index (χ1n) is 8.99. The number of aryl methyl sites for hydroxylation is 2. The van der Waals surface area contributed by atoms with Gasteiger partial charge < -0.3 is 28.8 Å². The summed E-state index contributed by atoms with van der Waals surface area (Å²) < 4.78 is 27.9. The van der Waals surface area contributed by atoms with E-state index in [4.69, 9.17) is 23.0 Å². The first kappa shape index (κ1) is 22.4. The molecular formula is C18H23N2O9P. The molecule has 0 saturated carbocycles. The molecular weight excluding hydrogens is 419 g/mol. The van der Waals surface area contributed by atoms with Gasteiger partial charge in [0.2, 0.25) is 0 Å². The van der Waals surface area contributed by atoms with Crippen molar-refractivity contribution in [3.63, 3.8) is 0 Å². The number of ether oxygens (including phenoxy) is 2. The molecule has 164 valence electrons. The molecule has 1 aliphatic rings. The topological polar surface area (TPSA) is 141 Å². The molecule has 2 atom stereocenters. The second kappa shape index (κ2) is 9.25. The minimum atomic E-state index is -2.76. The zero-order chi connectivity index (χ0) is 21.9. The number of benzene rings is 1. The van der Waals surface area contributed by atoms with E-state index in [1.807, 2.05) is 0 Å². The molecule has 0 fully saturated rings. The number of aromatic amines is 1. The number of hydrogen-bond acceptors (Lipinski definition) is 9. The number of methoxy groups -OCH3 is 2. The van der Waals surface area contributed by atoms with Crippen LogP contribution in [0.15, 0.2) is 34.0 Å². The standard InChI is InChI=1S/C18H23N2O9P/c1-11-9-20(17(22)19-16(11)21)8-7-14(26-3)18(23,24)29-30-27-10-12-5-4-6-13(25-2)15(12)28-30/h4-6,9,14,23-24H,7-8,10H2,1-3H3,(H,19,21,22). The first-order chi connectivity index (χ1) is 14.2. The molecule has 0 aliphatic carbocycles. The minimum absolute atomic E-state index is 0.0159. The number of para-hydroxylation sites is 1. The van der Waals surface area contributed by atoms with Crippen LogP contribution in [-0.2, 0) is 26.9 Å². The average Bonchev–Trinajstić information content (AvgIpc) is 2.71. The molecule has 1 aromatic heterocycles. The molecule has 2 unspecified atom stereocenters. The van der Waals surface area contributed by atoms with Gasteiger partial charge in [-0.2, -0.15) is 0 Å². The molecule has 30 heavy (non-hydrogen) atoms. The van der Waals surface area contributed by atoms with Crippen molar-refractivity contribution in [3.05, 3.63) is 56.4 Å². The van der Waals surface area contributed by atoms with Crippen LogP contribution in [0.3, 0.4) is 0 Å². The molecule has 3 rings (SSSR count). The highest BCUT2D eigenvalue weighted by atomic mass is 31.2. The van der Waals surface area contributed by atoms with Gasteiger partial charge in [-0.05, 0) is 19.4 Å². The highest BCUT2D eigenvalue weighted by molar-refractivity contribution is 7.42. The van der Waals surface area contributed by atoms with Gasteiger partial charge in [0.15, 0.2) is 11.5 Å². The number of aliphatic hydroxyl groups is 2.